The van der Waals surface area contributed by atoms with E-state index in [0.29, 0.717) is 34.5 Å². The average Bonchev–Trinajstić information content (AvgIpc) is 2.56. The van der Waals surface area contributed by atoms with Crippen molar-refractivity contribution in [3.63, 3.8) is 0 Å². The van der Waals surface area contributed by atoms with E-state index in [4.69, 9.17) is 4.74 Å². The van der Waals surface area contributed by atoms with Gasteiger partial charge in [-0.15, -0.1) is 0 Å². The lowest BCUT2D eigenvalue weighted by atomic mass is 9.76. The van der Waals surface area contributed by atoms with Crippen LogP contribution in [0.15, 0.2) is 45.2 Å². The van der Waals surface area contributed by atoms with E-state index >= 15 is 0 Å². The summed E-state index contributed by atoms with van der Waals surface area (Å²) in [5, 5.41) is 6.23. The largest absolute Gasteiger partial charge is 0.367 e. The maximum atomic E-state index is 13.6. The highest BCUT2D eigenvalue weighted by atomic mass is 79.9. The smallest absolute Gasteiger partial charge is 0.187 e. The van der Waals surface area contributed by atoms with Crippen molar-refractivity contribution in [2.24, 2.45) is 0 Å². The lowest BCUT2D eigenvalue weighted by Gasteiger charge is -2.37. The molecular weight excluding hydrogens is 379 g/mol. The van der Waals surface area contributed by atoms with Crippen LogP contribution < -0.4 is 10.6 Å². The number of hydrogen-bond acceptors (Lipinski definition) is 5. The van der Waals surface area contributed by atoms with Crippen LogP contribution in [-0.2, 0) is 14.3 Å². The molecule has 1 unspecified atom stereocenters. The van der Waals surface area contributed by atoms with Crippen LogP contribution in [0.3, 0.4) is 0 Å². The van der Waals surface area contributed by atoms with Crippen LogP contribution in [0.4, 0.5) is 4.39 Å². The third-order valence-corrected chi connectivity index (χ3v) is 5.08. The quantitative estimate of drug-likeness (QED) is 0.758. The summed E-state index contributed by atoms with van der Waals surface area (Å²) in [6.07, 6.45) is 0. The molecule has 1 aromatic carbocycles. The highest BCUT2D eigenvalue weighted by Gasteiger charge is 2.40. The second-order valence-electron chi connectivity index (χ2n) is 5.96. The van der Waals surface area contributed by atoms with E-state index < -0.39 is 5.92 Å². The Morgan fingerprint density at radius 3 is 2.67 bits per heavy atom. The van der Waals surface area contributed by atoms with E-state index in [0.717, 1.165) is 11.3 Å². The maximum absolute atomic E-state index is 13.6. The summed E-state index contributed by atoms with van der Waals surface area (Å²) in [6.45, 7) is 1.04. The standard InChI is InChI=1S/C17H14BrFN2O3/c18-9-3-8(1-2-10(9)19)15-16-11(4-20-5-13(16)22)21-12-6-24-7-14(23)17(12)15/h1-3,15,20-21H,4-7H2. The van der Waals surface area contributed by atoms with Crippen molar-refractivity contribution in [1.82, 2.24) is 10.6 Å². The first kappa shape index (κ1) is 15.7. The van der Waals surface area contributed by atoms with Gasteiger partial charge in [0, 0.05) is 35.0 Å². The molecule has 124 valence electrons. The number of hydrogen-bond donors (Lipinski definition) is 2. The van der Waals surface area contributed by atoms with Crippen LogP contribution >= 0.6 is 15.9 Å². The van der Waals surface area contributed by atoms with Crippen molar-refractivity contribution in [2.45, 2.75) is 5.92 Å². The minimum absolute atomic E-state index is 0.00552. The van der Waals surface area contributed by atoms with Crippen LogP contribution in [-0.4, -0.2) is 37.9 Å². The summed E-state index contributed by atoms with van der Waals surface area (Å²) < 4.78 is 19.3. The summed E-state index contributed by atoms with van der Waals surface area (Å²) in [4.78, 5) is 25.0. The number of ketones is 2. The molecule has 0 spiro atoms. The molecule has 3 aliphatic heterocycles. The number of nitrogens with one attached hydrogen (secondary N) is 2. The Labute approximate surface area is 146 Å². The van der Waals surface area contributed by atoms with Gasteiger partial charge in [-0.05, 0) is 33.6 Å². The molecule has 0 bridgehead atoms. The molecule has 0 aliphatic carbocycles. The molecular formula is C17H14BrFN2O3. The molecule has 0 radical (unpaired) electrons. The number of carbonyl (C=O) groups is 2. The van der Waals surface area contributed by atoms with Gasteiger partial charge < -0.3 is 15.4 Å². The van der Waals surface area contributed by atoms with Crippen molar-refractivity contribution in [3.8, 4) is 0 Å². The summed E-state index contributed by atoms with van der Waals surface area (Å²) in [7, 11) is 0. The van der Waals surface area contributed by atoms with Gasteiger partial charge in [-0.3, -0.25) is 9.59 Å². The number of carbonyl (C=O) groups excluding carboxylic acids is 2. The van der Waals surface area contributed by atoms with Crippen molar-refractivity contribution in [3.05, 3.63) is 56.6 Å². The topological polar surface area (TPSA) is 67.4 Å². The molecule has 4 rings (SSSR count). The monoisotopic (exact) mass is 392 g/mol. The Balaban J connectivity index is 1.92. The SMILES string of the molecule is O=C1CNCC2=C1C(c1ccc(F)c(Br)c1)C1=C(COCC1=O)N2. The average molecular weight is 393 g/mol. The molecule has 7 heteroatoms. The van der Waals surface area contributed by atoms with Crippen molar-refractivity contribution in [2.75, 3.05) is 26.3 Å². The first-order valence-corrected chi connectivity index (χ1v) is 8.38. The van der Waals surface area contributed by atoms with Crippen LogP contribution in [0, 0.1) is 5.82 Å². The Bertz CT molecular complexity index is 789. The van der Waals surface area contributed by atoms with Gasteiger partial charge in [-0.1, -0.05) is 6.07 Å². The number of rotatable bonds is 1. The molecule has 24 heavy (non-hydrogen) atoms. The van der Waals surface area contributed by atoms with E-state index in [1.54, 1.807) is 12.1 Å². The lowest BCUT2D eigenvalue weighted by Crippen LogP contribution is -2.45. The van der Waals surface area contributed by atoms with Crippen molar-refractivity contribution >= 4 is 27.5 Å². The van der Waals surface area contributed by atoms with Gasteiger partial charge in [0.15, 0.2) is 11.6 Å². The van der Waals surface area contributed by atoms with Crippen LogP contribution in [0.2, 0.25) is 0 Å². The van der Waals surface area contributed by atoms with Crippen LogP contribution in [0.5, 0.6) is 0 Å². The van der Waals surface area contributed by atoms with E-state index in [9.17, 15) is 14.0 Å². The second kappa shape index (κ2) is 5.91. The minimum atomic E-state index is -0.487. The van der Waals surface area contributed by atoms with Gasteiger partial charge in [0.05, 0.1) is 17.6 Å². The van der Waals surface area contributed by atoms with E-state index in [1.165, 1.54) is 6.07 Å². The number of benzene rings is 1. The normalized spacial score (nSPS) is 23.8. The summed E-state index contributed by atoms with van der Waals surface area (Å²) >= 11 is 3.19. The zero-order valence-electron chi connectivity index (χ0n) is 12.6. The molecule has 0 fully saturated rings. The molecule has 1 atom stereocenters. The van der Waals surface area contributed by atoms with E-state index in [-0.39, 0.29) is 30.5 Å². The number of halogens is 2. The number of dihydropyridines is 1. The number of ether oxygens (including phenoxy) is 1. The van der Waals surface area contributed by atoms with Crippen molar-refractivity contribution in [1.29, 1.82) is 0 Å². The third kappa shape index (κ3) is 2.44. The summed E-state index contributed by atoms with van der Waals surface area (Å²) in [5.74, 6) is -1.07. The Kier molecular flexibility index (Phi) is 3.86. The predicted octanol–water partition coefficient (Wildman–Crippen LogP) is 1.55. The van der Waals surface area contributed by atoms with Crippen LogP contribution in [0.1, 0.15) is 11.5 Å². The molecule has 1 aromatic rings. The molecule has 3 heterocycles. The van der Waals surface area contributed by atoms with Crippen molar-refractivity contribution < 1.29 is 18.7 Å². The van der Waals surface area contributed by atoms with Crippen LogP contribution in [0.25, 0.3) is 0 Å². The molecule has 5 nitrogen and oxygen atoms in total. The highest BCUT2D eigenvalue weighted by molar-refractivity contribution is 9.10. The maximum Gasteiger partial charge on any atom is 0.187 e. The minimum Gasteiger partial charge on any atom is -0.367 e. The molecule has 3 aliphatic rings. The fraction of sp³-hybridized carbons (Fsp3) is 0.294. The second-order valence-corrected chi connectivity index (χ2v) is 6.81. The molecule has 0 saturated heterocycles. The van der Waals surface area contributed by atoms with Gasteiger partial charge in [-0.2, -0.15) is 0 Å². The van der Waals surface area contributed by atoms with Gasteiger partial charge in [0.1, 0.15) is 12.4 Å². The third-order valence-electron chi connectivity index (χ3n) is 4.47. The highest BCUT2D eigenvalue weighted by Crippen LogP contribution is 2.41. The van der Waals surface area contributed by atoms with Gasteiger partial charge >= 0.3 is 0 Å². The van der Waals surface area contributed by atoms with Gasteiger partial charge in [-0.25, -0.2) is 4.39 Å². The fourth-order valence-corrected chi connectivity index (χ4v) is 3.86. The molecule has 0 amide bonds. The van der Waals surface area contributed by atoms with E-state index in [2.05, 4.69) is 26.6 Å². The summed E-state index contributed by atoms with van der Waals surface area (Å²) in [6, 6.07) is 4.61. The predicted molar refractivity (Wildman–Crippen MR) is 87.7 cm³/mol. The zero-order valence-corrected chi connectivity index (χ0v) is 14.2. The Morgan fingerprint density at radius 2 is 1.88 bits per heavy atom. The van der Waals surface area contributed by atoms with Gasteiger partial charge in [0.2, 0.25) is 0 Å². The molecule has 0 aromatic heterocycles. The van der Waals surface area contributed by atoms with Gasteiger partial charge in [0.25, 0.3) is 0 Å². The lowest BCUT2D eigenvalue weighted by molar-refractivity contribution is -0.121. The number of Topliss-reactive ketones (excluding diaryl/α,β-unsaturated/α-hetero) is 2. The Morgan fingerprint density at radius 1 is 1.08 bits per heavy atom. The first-order valence-electron chi connectivity index (χ1n) is 7.59. The first-order chi connectivity index (χ1) is 11.6. The zero-order chi connectivity index (χ0) is 16.8. The Hall–Kier alpha value is -1.83. The fourth-order valence-electron chi connectivity index (χ4n) is 3.47. The molecule has 0 saturated carbocycles. The van der Waals surface area contributed by atoms with E-state index in [1.807, 2.05) is 0 Å². The molecule has 2 N–H and O–H groups in total. The summed E-state index contributed by atoms with van der Waals surface area (Å²) in [5.41, 5.74) is 3.30.